The van der Waals surface area contributed by atoms with Crippen molar-refractivity contribution >= 4 is 17.2 Å². The number of likely N-dealkylation sites (tertiary alicyclic amines) is 1. The van der Waals surface area contributed by atoms with E-state index in [4.69, 9.17) is 5.73 Å². The second-order valence-corrected chi connectivity index (χ2v) is 6.12. The van der Waals surface area contributed by atoms with Crippen LogP contribution in [0.2, 0.25) is 0 Å². The summed E-state index contributed by atoms with van der Waals surface area (Å²) in [6.45, 7) is 1.42. The van der Waals surface area contributed by atoms with Crippen molar-refractivity contribution in [2.24, 2.45) is 12.8 Å². The van der Waals surface area contributed by atoms with E-state index in [1.165, 1.54) is 11.3 Å². The first-order valence-electron chi connectivity index (χ1n) is 6.63. The second-order valence-electron chi connectivity index (χ2n) is 5.09. The summed E-state index contributed by atoms with van der Waals surface area (Å²) in [6, 6.07) is 0.0958. The number of carbonyl (C=O) groups is 1. The number of amides is 1. The van der Waals surface area contributed by atoms with Crippen molar-refractivity contribution in [2.75, 3.05) is 13.1 Å². The second kappa shape index (κ2) is 5.34. The van der Waals surface area contributed by atoms with Gasteiger partial charge in [0.05, 0.1) is 12.4 Å². The fraction of sp³-hybridized carbons (Fsp3) is 0.462. The third kappa shape index (κ3) is 2.59. The Labute approximate surface area is 121 Å². The highest BCUT2D eigenvalue weighted by molar-refractivity contribution is 7.16. The standard InChI is InChI=1S/C13H17N5OS/c1-17-7-9(5-16-17)12-15-6-11(20-12)13(19)18-4-2-3-10(14)8-18/h5-7,10H,2-4,8,14H2,1H3/t10-/m0/s1. The summed E-state index contributed by atoms with van der Waals surface area (Å²) >= 11 is 1.41. The van der Waals surface area contributed by atoms with Crippen LogP contribution in [-0.4, -0.2) is 44.7 Å². The van der Waals surface area contributed by atoms with Gasteiger partial charge in [0.15, 0.2) is 0 Å². The van der Waals surface area contributed by atoms with Gasteiger partial charge in [-0.05, 0) is 12.8 Å². The van der Waals surface area contributed by atoms with Gasteiger partial charge in [-0.1, -0.05) is 0 Å². The van der Waals surface area contributed by atoms with Crippen molar-refractivity contribution in [1.82, 2.24) is 19.7 Å². The van der Waals surface area contributed by atoms with Gasteiger partial charge in [0.1, 0.15) is 9.88 Å². The third-order valence-corrected chi connectivity index (χ3v) is 4.45. The zero-order valence-corrected chi connectivity index (χ0v) is 12.1. The topological polar surface area (TPSA) is 77.0 Å². The Balaban J connectivity index is 1.77. The SMILES string of the molecule is Cn1cc(-c2ncc(C(=O)N3CCC[C@H](N)C3)s2)cn1. The monoisotopic (exact) mass is 291 g/mol. The molecule has 7 heteroatoms. The molecule has 1 aliphatic heterocycles. The predicted molar refractivity (Wildman–Crippen MR) is 77.4 cm³/mol. The molecule has 106 valence electrons. The molecular formula is C13H17N5OS. The number of thiazole rings is 1. The average molecular weight is 291 g/mol. The smallest absolute Gasteiger partial charge is 0.265 e. The van der Waals surface area contributed by atoms with Gasteiger partial charge in [-0.2, -0.15) is 5.10 Å². The lowest BCUT2D eigenvalue weighted by atomic mass is 10.1. The fourth-order valence-corrected chi connectivity index (χ4v) is 3.25. The van der Waals surface area contributed by atoms with E-state index in [1.807, 2.05) is 18.1 Å². The Morgan fingerprint density at radius 3 is 3.05 bits per heavy atom. The first-order chi connectivity index (χ1) is 9.63. The lowest BCUT2D eigenvalue weighted by molar-refractivity contribution is 0.0713. The van der Waals surface area contributed by atoms with Crippen LogP contribution in [0.3, 0.4) is 0 Å². The minimum atomic E-state index is 0.0350. The van der Waals surface area contributed by atoms with Crippen LogP contribution in [0, 0.1) is 0 Å². The van der Waals surface area contributed by atoms with E-state index in [0.29, 0.717) is 11.4 Å². The van der Waals surface area contributed by atoms with Crippen molar-refractivity contribution in [1.29, 1.82) is 0 Å². The predicted octanol–water partition coefficient (Wildman–Crippen LogP) is 1.11. The van der Waals surface area contributed by atoms with Crippen LogP contribution >= 0.6 is 11.3 Å². The molecule has 0 aromatic carbocycles. The summed E-state index contributed by atoms with van der Waals surface area (Å²) in [6.07, 6.45) is 7.26. The number of hydrogen-bond donors (Lipinski definition) is 1. The number of nitrogens with zero attached hydrogens (tertiary/aromatic N) is 4. The number of carbonyl (C=O) groups excluding carboxylic acids is 1. The number of piperidine rings is 1. The summed E-state index contributed by atoms with van der Waals surface area (Å²) in [4.78, 5) is 19.2. The molecule has 0 bridgehead atoms. The highest BCUT2D eigenvalue weighted by atomic mass is 32.1. The zero-order chi connectivity index (χ0) is 14.1. The van der Waals surface area contributed by atoms with Gasteiger partial charge in [-0.25, -0.2) is 4.98 Å². The summed E-state index contributed by atoms with van der Waals surface area (Å²) in [5.74, 6) is 0.0350. The molecular weight excluding hydrogens is 274 g/mol. The molecule has 0 unspecified atom stereocenters. The van der Waals surface area contributed by atoms with Gasteiger partial charge in [0.2, 0.25) is 0 Å². The van der Waals surface area contributed by atoms with Gasteiger partial charge in [-0.15, -0.1) is 11.3 Å². The van der Waals surface area contributed by atoms with E-state index < -0.39 is 0 Å². The summed E-state index contributed by atoms with van der Waals surface area (Å²) < 4.78 is 1.72. The van der Waals surface area contributed by atoms with Crippen LogP contribution < -0.4 is 5.73 Å². The lowest BCUT2D eigenvalue weighted by Crippen LogP contribution is -2.45. The number of hydrogen-bond acceptors (Lipinski definition) is 5. The largest absolute Gasteiger partial charge is 0.336 e. The van der Waals surface area contributed by atoms with E-state index in [-0.39, 0.29) is 11.9 Å². The Morgan fingerprint density at radius 2 is 2.35 bits per heavy atom. The first kappa shape index (κ1) is 13.3. The summed E-state index contributed by atoms with van der Waals surface area (Å²) in [5.41, 5.74) is 6.86. The lowest BCUT2D eigenvalue weighted by Gasteiger charge is -2.30. The molecule has 1 saturated heterocycles. The Bertz CT molecular complexity index is 620. The molecule has 20 heavy (non-hydrogen) atoms. The Hall–Kier alpha value is -1.73. The van der Waals surface area contributed by atoms with Crippen LogP contribution in [0.5, 0.6) is 0 Å². The number of aryl methyl sites for hydroxylation is 1. The van der Waals surface area contributed by atoms with Gasteiger partial charge in [0.25, 0.3) is 5.91 Å². The van der Waals surface area contributed by atoms with Crippen LogP contribution in [-0.2, 0) is 7.05 Å². The Kier molecular flexibility index (Phi) is 3.54. The molecule has 0 saturated carbocycles. The zero-order valence-electron chi connectivity index (χ0n) is 11.3. The summed E-state index contributed by atoms with van der Waals surface area (Å²) in [5, 5.41) is 4.94. The quantitative estimate of drug-likeness (QED) is 0.899. The third-order valence-electron chi connectivity index (χ3n) is 3.41. The normalized spacial score (nSPS) is 19.3. The molecule has 3 rings (SSSR count). The molecule has 0 spiro atoms. The van der Waals surface area contributed by atoms with E-state index in [0.717, 1.165) is 30.0 Å². The molecule has 1 atom stereocenters. The minimum Gasteiger partial charge on any atom is -0.336 e. The van der Waals surface area contributed by atoms with E-state index >= 15 is 0 Å². The van der Waals surface area contributed by atoms with Crippen molar-refractivity contribution in [3.8, 4) is 10.6 Å². The molecule has 1 aliphatic rings. The fourth-order valence-electron chi connectivity index (χ4n) is 2.39. The molecule has 2 aromatic heterocycles. The van der Waals surface area contributed by atoms with Crippen molar-refractivity contribution in [3.63, 3.8) is 0 Å². The van der Waals surface area contributed by atoms with Gasteiger partial charge >= 0.3 is 0 Å². The maximum Gasteiger partial charge on any atom is 0.265 e. The maximum atomic E-state index is 12.4. The summed E-state index contributed by atoms with van der Waals surface area (Å²) in [7, 11) is 1.86. The van der Waals surface area contributed by atoms with Gasteiger partial charge in [0, 0.05) is 37.9 Å². The highest BCUT2D eigenvalue weighted by Crippen LogP contribution is 2.26. The maximum absolute atomic E-state index is 12.4. The first-order valence-corrected chi connectivity index (χ1v) is 7.45. The molecule has 1 amide bonds. The molecule has 6 nitrogen and oxygen atoms in total. The molecule has 2 N–H and O–H groups in total. The van der Waals surface area contributed by atoms with Crippen molar-refractivity contribution < 1.29 is 4.79 Å². The van der Waals surface area contributed by atoms with E-state index in [1.54, 1.807) is 17.1 Å². The molecule has 2 aromatic rings. The highest BCUT2D eigenvalue weighted by Gasteiger charge is 2.24. The van der Waals surface area contributed by atoms with E-state index in [9.17, 15) is 4.79 Å². The van der Waals surface area contributed by atoms with Crippen molar-refractivity contribution in [3.05, 3.63) is 23.5 Å². The molecule has 3 heterocycles. The Morgan fingerprint density at radius 1 is 1.50 bits per heavy atom. The number of aromatic nitrogens is 3. The number of rotatable bonds is 2. The number of nitrogens with two attached hydrogens (primary N) is 1. The average Bonchev–Trinajstić information content (AvgIpc) is 3.06. The van der Waals surface area contributed by atoms with Crippen LogP contribution in [0.15, 0.2) is 18.6 Å². The molecule has 0 radical (unpaired) electrons. The minimum absolute atomic E-state index is 0.0350. The van der Waals surface area contributed by atoms with Gasteiger partial charge < -0.3 is 10.6 Å². The van der Waals surface area contributed by atoms with Crippen LogP contribution in [0.1, 0.15) is 22.5 Å². The molecule has 1 fully saturated rings. The van der Waals surface area contributed by atoms with Crippen molar-refractivity contribution in [2.45, 2.75) is 18.9 Å². The van der Waals surface area contributed by atoms with Crippen LogP contribution in [0.4, 0.5) is 0 Å². The van der Waals surface area contributed by atoms with Gasteiger partial charge in [-0.3, -0.25) is 9.48 Å². The van der Waals surface area contributed by atoms with Crippen LogP contribution in [0.25, 0.3) is 10.6 Å². The van der Waals surface area contributed by atoms with E-state index in [2.05, 4.69) is 10.1 Å². The molecule has 0 aliphatic carbocycles.